The standard InChI is InChI=1S/C24H26N2O3/c1-14-7-12-19-20(13-14)24(29)26(23(19)28)18-10-8-17(9-11-18)22(27)25-21-6-4-5-15(2)16(21)3/h4-6,8-11,14,19-20H,7,12-13H2,1-3H3,(H,25,27)/t14-,19+,20+/m0/s1. The van der Waals surface area contributed by atoms with Crippen molar-refractivity contribution in [2.24, 2.45) is 17.8 Å². The van der Waals surface area contributed by atoms with Gasteiger partial charge >= 0.3 is 0 Å². The fourth-order valence-corrected chi connectivity index (χ4v) is 4.49. The van der Waals surface area contributed by atoms with Gasteiger partial charge in [-0.05, 0) is 80.5 Å². The van der Waals surface area contributed by atoms with Crippen molar-refractivity contribution in [3.05, 3.63) is 59.2 Å². The van der Waals surface area contributed by atoms with Crippen LogP contribution in [0.2, 0.25) is 0 Å². The molecule has 2 aliphatic rings. The van der Waals surface area contributed by atoms with Crippen molar-refractivity contribution < 1.29 is 14.4 Å². The molecule has 4 rings (SSSR count). The van der Waals surface area contributed by atoms with Crippen LogP contribution in [0.1, 0.15) is 47.7 Å². The fraction of sp³-hybridized carbons (Fsp3) is 0.375. The highest BCUT2D eigenvalue weighted by Crippen LogP contribution is 2.42. The van der Waals surface area contributed by atoms with E-state index in [1.54, 1.807) is 24.3 Å². The molecule has 2 aromatic rings. The predicted octanol–water partition coefficient (Wildman–Crippen LogP) is 4.48. The van der Waals surface area contributed by atoms with Crippen LogP contribution in [-0.4, -0.2) is 17.7 Å². The van der Waals surface area contributed by atoms with Crippen LogP contribution in [-0.2, 0) is 9.59 Å². The number of imide groups is 1. The third-order valence-corrected chi connectivity index (χ3v) is 6.43. The zero-order chi connectivity index (χ0) is 20.7. The quantitative estimate of drug-likeness (QED) is 0.786. The number of nitrogens with zero attached hydrogens (tertiary/aromatic N) is 1. The summed E-state index contributed by atoms with van der Waals surface area (Å²) in [6, 6.07) is 12.5. The number of carbonyl (C=O) groups is 3. The Morgan fingerprint density at radius 3 is 2.38 bits per heavy atom. The first-order valence-corrected chi connectivity index (χ1v) is 10.2. The Balaban J connectivity index is 1.52. The van der Waals surface area contributed by atoms with Crippen LogP contribution in [0.15, 0.2) is 42.5 Å². The molecule has 1 aliphatic heterocycles. The van der Waals surface area contributed by atoms with Crippen LogP contribution in [0.5, 0.6) is 0 Å². The van der Waals surface area contributed by atoms with Crippen LogP contribution in [0.25, 0.3) is 0 Å². The van der Waals surface area contributed by atoms with E-state index >= 15 is 0 Å². The van der Waals surface area contributed by atoms with E-state index in [2.05, 4.69) is 12.2 Å². The van der Waals surface area contributed by atoms with E-state index in [-0.39, 0.29) is 29.6 Å². The molecule has 2 aromatic carbocycles. The maximum atomic E-state index is 12.9. The second kappa shape index (κ2) is 7.47. The van der Waals surface area contributed by atoms with Crippen LogP contribution in [0, 0.1) is 31.6 Å². The van der Waals surface area contributed by atoms with Gasteiger partial charge < -0.3 is 5.32 Å². The van der Waals surface area contributed by atoms with Crippen molar-refractivity contribution in [3.8, 4) is 0 Å². The van der Waals surface area contributed by atoms with Crippen molar-refractivity contribution in [1.82, 2.24) is 0 Å². The van der Waals surface area contributed by atoms with E-state index in [4.69, 9.17) is 0 Å². The van der Waals surface area contributed by atoms with Gasteiger partial charge in [-0.3, -0.25) is 19.3 Å². The molecule has 5 heteroatoms. The van der Waals surface area contributed by atoms with Gasteiger partial charge in [0.15, 0.2) is 0 Å². The molecule has 1 heterocycles. The highest BCUT2D eigenvalue weighted by molar-refractivity contribution is 6.22. The molecule has 1 aliphatic carbocycles. The number of nitrogens with one attached hydrogen (secondary N) is 1. The smallest absolute Gasteiger partial charge is 0.255 e. The summed E-state index contributed by atoms with van der Waals surface area (Å²) in [6.45, 7) is 6.11. The number of aryl methyl sites for hydroxylation is 1. The van der Waals surface area contributed by atoms with Crippen LogP contribution >= 0.6 is 0 Å². The Hall–Kier alpha value is -2.95. The topological polar surface area (TPSA) is 66.5 Å². The molecule has 3 amide bonds. The molecule has 3 atom stereocenters. The van der Waals surface area contributed by atoms with Gasteiger partial charge in [0.25, 0.3) is 5.91 Å². The molecule has 1 N–H and O–H groups in total. The van der Waals surface area contributed by atoms with E-state index in [0.717, 1.165) is 36.1 Å². The van der Waals surface area contributed by atoms with Gasteiger partial charge in [-0.15, -0.1) is 0 Å². The normalized spacial score (nSPS) is 23.8. The summed E-state index contributed by atoms with van der Waals surface area (Å²) in [4.78, 5) is 39.6. The summed E-state index contributed by atoms with van der Waals surface area (Å²) in [7, 11) is 0. The van der Waals surface area contributed by atoms with Gasteiger partial charge in [0.2, 0.25) is 11.8 Å². The largest absolute Gasteiger partial charge is 0.322 e. The first kappa shape index (κ1) is 19.4. The SMILES string of the molecule is Cc1cccc(NC(=O)c2ccc(N3C(=O)[C@@H]4CC[C@H](C)C[C@H]4C3=O)cc2)c1C. The number of amides is 3. The Bertz CT molecular complexity index is 980. The van der Waals surface area contributed by atoms with Crippen molar-refractivity contribution in [3.63, 3.8) is 0 Å². The molecule has 29 heavy (non-hydrogen) atoms. The van der Waals surface area contributed by atoms with Gasteiger partial charge in [0.05, 0.1) is 17.5 Å². The lowest BCUT2D eigenvalue weighted by molar-refractivity contribution is -0.122. The van der Waals surface area contributed by atoms with E-state index < -0.39 is 0 Å². The van der Waals surface area contributed by atoms with Gasteiger partial charge in [-0.1, -0.05) is 19.1 Å². The highest BCUT2D eigenvalue weighted by atomic mass is 16.2. The molecular formula is C24H26N2O3. The number of benzene rings is 2. The predicted molar refractivity (Wildman–Crippen MR) is 113 cm³/mol. The lowest BCUT2D eigenvalue weighted by atomic mass is 9.76. The maximum absolute atomic E-state index is 12.9. The summed E-state index contributed by atoms with van der Waals surface area (Å²) >= 11 is 0. The third-order valence-electron chi connectivity index (χ3n) is 6.43. The average molecular weight is 390 g/mol. The number of hydrogen-bond acceptors (Lipinski definition) is 3. The summed E-state index contributed by atoms with van der Waals surface area (Å²) in [5, 5.41) is 2.93. The van der Waals surface area contributed by atoms with Gasteiger partial charge in [-0.25, -0.2) is 0 Å². The Morgan fingerprint density at radius 1 is 0.966 bits per heavy atom. The van der Waals surface area contributed by atoms with E-state index in [1.807, 2.05) is 32.0 Å². The molecule has 0 spiro atoms. The Labute approximate surface area is 171 Å². The number of fused-ring (bicyclic) bond motifs is 1. The highest BCUT2D eigenvalue weighted by Gasteiger charge is 2.49. The molecule has 0 bridgehead atoms. The van der Waals surface area contributed by atoms with Gasteiger partial charge in [0, 0.05) is 11.3 Å². The number of hydrogen-bond donors (Lipinski definition) is 1. The molecule has 0 unspecified atom stereocenters. The molecule has 0 aromatic heterocycles. The minimum atomic E-state index is -0.216. The van der Waals surface area contributed by atoms with E-state index in [9.17, 15) is 14.4 Å². The van der Waals surface area contributed by atoms with Crippen LogP contribution in [0.3, 0.4) is 0 Å². The summed E-state index contributed by atoms with van der Waals surface area (Å²) < 4.78 is 0. The minimum Gasteiger partial charge on any atom is -0.322 e. The molecule has 2 fully saturated rings. The second-order valence-electron chi connectivity index (χ2n) is 8.39. The van der Waals surface area contributed by atoms with Crippen molar-refractivity contribution >= 4 is 29.1 Å². The first-order chi connectivity index (χ1) is 13.9. The Morgan fingerprint density at radius 2 is 1.66 bits per heavy atom. The molecule has 1 saturated heterocycles. The van der Waals surface area contributed by atoms with Crippen LogP contribution in [0.4, 0.5) is 11.4 Å². The lowest BCUT2D eigenvalue weighted by Gasteiger charge is -2.25. The fourth-order valence-electron chi connectivity index (χ4n) is 4.49. The zero-order valence-electron chi connectivity index (χ0n) is 17.1. The number of rotatable bonds is 3. The minimum absolute atomic E-state index is 0.0977. The van der Waals surface area contributed by atoms with Crippen molar-refractivity contribution in [1.29, 1.82) is 0 Å². The molecule has 150 valence electrons. The molecule has 5 nitrogen and oxygen atoms in total. The zero-order valence-corrected chi connectivity index (χ0v) is 17.1. The summed E-state index contributed by atoms with van der Waals surface area (Å²) in [5.74, 6) is -0.320. The van der Waals surface area contributed by atoms with Gasteiger partial charge in [0.1, 0.15) is 0 Å². The van der Waals surface area contributed by atoms with E-state index in [1.165, 1.54) is 4.90 Å². The number of anilines is 2. The molecular weight excluding hydrogens is 364 g/mol. The third kappa shape index (κ3) is 3.46. The maximum Gasteiger partial charge on any atom is 0.255 e. The summed E-state index contributed by atoms with van der Waals surface area (Å²) in [6.07, 6.45) is 2.55. The van der Waals surface area contributed by atoms with E-state index in [0.29, 0.717) is 17.2 Å². The first-order valence-electron chi connectivity index (χ1n) is 10.2. The monoisotopic (exact) mass is 390 g/mol. The average Bonchev–Trinajstić information content (AvgIpc) is 2.95. The number of carbonyl (C=O) groups excluding carboxylic acids is 3. The summed E-state index contributed by atoms with van der Waals surface area (Å²) in [5.41, 5.74) is 3.95. The lowest BCUT2D eigenvalue weighted by Crippen LogP contribution is -2.30. The Kier molecular flexibility index (Phi) is 4.99. The van der Waals surface area contributed by atoms with Crippen molar-refractivity contribution in [2.45, 2.75) is 40.0 Å². The molecule has 0 radical (unpaired) electrons. The second-order valence-corrected chi connectivity index (χ2v) is 8.39. The van der Waals surface area contributed by atoms with Gasteiger partial charge in [-0.2, -0.15) is 0 Å². The van der Waals surface area contributed by atoms with Crippen molar-refractivity contribution in [2.75, 3.05) is 10.2 Å². The van der Waals surface area contributed by atoms with Crippen LogP contribution < -0.4 is 10.2 Å². The molecule has 1 saturated carbocycles.